The van der Waals surface area contributed by atoms with Gasteiger partial charge in [-0.05, 0) is 96.8 Å². The highest BCUT2D eigenvalue weighted by atomic mass is 32.1. The van der Waals surface area contributed by atoms with Crippen molar-refractivity contribution in [2.45, 2.75) is 13.8 Å². The van der Waals surface area contributed by atoms with Crippen molar-refractivity contribution in [3.05, 3.63) is 253 Å². The third kappa shape index (κ3) is 6.20. The maximum absolute atomic E-state index is 13.0. The number of hydrogen-bond donors (Lipinski definition) is 0. The molecule has 0 saturated heterocycles. The molecule has 84 heavy (non-hydrogen) atoms. The van der Waals surface area contributed by atoms with Gasteiger partial charge in [-0.1, -0.05) is 170 Å². The molecular formula is C76H44N6S2. The predicted octanol–water partition coefficient (Wildman–Crippen LogP) is 20.8. The minimum atomic E-state index is 0.379. The van der Waals surface area contributed by atoms with E-state index in [4.69, 9.17) is 0 Å². The van der Waals surface area contributed by atoms with Crippen molar-refractivity contribution in [1.29, 1.82) is 10.5 Å². The summed E-state index contributed by atoms with van der Waals surface area (Å²) in [5.41, 5.74) is 15.5. The van der Waals surface area contributed by atoms with Gasteiger partial charge in [-0.15, -0.1) is 22.7 Å². The predicted molar refractivity (Wildman–Crippen MR) is 354 cm³/mol. The van der Waals surface area contributed by atoms with E-state index in [0.29, 0.717) is 28.2 Å². The number of aryl methyl sites for hydroxylation is 2. The van der Waals surface area contributed by atoms with Gasteiger partial charge in [-0.25, -0.2) is 0 Å². The Morgan fingerprint density at radius 3 is 1.17 bits per heavy atom. The second kappa shape index (κ2) is 17.4. The molecule has 0 radical (unpaired) electrons. The number of nitriles is 2. The molecule has 0 aliphatic rings. The van der Waals surface area contributed by atoms with Crippen LogP contribution >= 0.6 is 22.7 Å². The number of aromatic nitrogens is 4. The smallest absolute Gasteiger partial charge is 0.104 e. The van der Waals surface area contributed by atoms with Gasteiger partial charge in [0.2, 0.25) is 0 Å². The molecule has 18 rings (SSSR count). The van der Waals surface area contributed by atoms with Crippen LogP contribution in [-0.2, 0) is 0 Å². The summed E-state index contributed by atoms with van der Waals surface area (Å²) in [6.07, 6.45) is 0. The number of nitrogens with zero attached hydrogens (tertiary/aromatic N) is 6. The van der Waals surface area contributed by atoms with Gasteiger partial charge in [0.05, 0.1) is 76.3 Å². The molecule has 0 aliphatic heterocycles. The Labute approximate surface area is 488 Å². The Kier molecular flexibility index (Phi) is 9.72. The summed E-state index contributed by atoms with van der Waals surface area (Å²) in [6, 6.07) is 88.7. The van der Waals surface area contributed by atoms with Gasteiger partial charge in [-0.2, -0.15) is 10.5 Å². The van der Waals surface area contributed by atoms with Crippen molar-refractivity contribution in [3.63, 3.8) is 0 Å². The molecule has 6 aromatic heterocycles. The van der Waals surface area contributed by atoms with Gasteiger partial charge in [0, 0.05) is 74.0 Å². The zero-order valence-electron chi connectivity index (χ0n) is 45.4. The monoisotopic (exact) mass is 1100 g/mol. The van der Waals surface area contributed by atoms with Crippen molar-refractivity contribution in [1.82, 2.24) is 18.3 Å². The van der Waals surface area contributed by atoms with Crippen LogP contribution in [0.4, 0.5) is 0 Å². The molecule has 12 aromatic carbocycles. The van der Waals surface area contributed by atoms with E-state index in [0.717, 1.165) is 130 Å². The van der Waals surface area contributed by atoms with Gasteiger partial charge in [0.25, 0.3) is 0 Å². The molecule has 0 aliphatic carbocycles. The molecule has 0 atom stereocenters. The molecule has 390 valence electrons. The minimum absolute atomic E-state index is 0.379. The summed E-state index contributed by atoms with van der Waals surface area (Å²) < 4.78 is 14.0. The molecule has 0 amide bonds. The Balaban J connectivity index is 1.17. The van der Waals surface area contributed by atoms with E-state index in [1.165, 1.54) is 25.7 Å². The summed E-state index contributed by atoms with van der Waals surface area (Å²) in [7, 11) is 0. The molecule has 0 N–H and O–H groups in total. The Hall–Kier alpha value is -10.7. The largest absolute Gasteiger partial charge is 0.306 e. The standard InChI is InChI=1S/C76H44N6S2/c1-43-38-57-53-33-35-56-52-25-11-17-31-68(52)84-76(56)73(53)82(66(57)39-44(43)2)74-70(79-61-26-12-6-20-47(61)48-21-7-13-27-62(48)79)59(41-77)69(60(42-78)71(74)80-63-28-14-8-22-49(63)50-23-9-15-29-64(50)80)81-65-37-32-46(45-18-4-3-5-19-45)40-58(65)54-34-36-55-51-24-10-16-30-67(51)83-75(55)72(54)81/h3-40H,1-2H3. The topological polar surface area (TPSA) is 67.3 Å². The molecule has 0 fully saturated rings. The fourth-order valence-electron chi connectivity index (χ4n) is 14.2. The van der Waals surface area contributed by atoms with Crippen LogP contribution < -0.4 is 0 Å². The number of fused-ring (bicyclic) bond motifs is 20. The van der Waals surface area contributed by atoms with Crippen LogP contribution in [0, 0.1) is 36.5 Å². The molecule has 18 aromatic rings. The Morgan fingerprint density at radius 2 is 0.679 bits per heavy atom. The lowest BCUT2D eigenvalue weighted by molar-refractivity contribution is 1.02. The van der Waals surface area contributed by atoms with E-state index < -0.39 is 0 Å². The zero-order valence-corrected chi connectivity index (χ0v) is 47.1. The number of benzene rings is 12. The normalized spacial score (nSPS) is 12.1. The van der Waals surface area contributed by atoms with Gasteiger partial charge < -0.3 is 18.3 Å². The second-order valence-corrected chi connectivity index (χ2v) is 24.3. The van der Waals surface area contributed by atoms with Crippen LogP contribution in [-0.4, -0.2) is 18.3 Å². The fraction of sp³-hybridized carbons (Fsp3) is 0.0263. The first-order chi connectivity index (χ1) is 41.5. The fourth-order valence-corrected chi connectivity index (χ4v) is 16.7. The molecule has 0 spiro atoms. The molecule has 0 saturated carbocycles. The summed E-state index contributed by atoms with van der Waals surface area (Å²) in [5, 5.41) is 39.1. The minimum Gasteiger partial charge on any atom is -0.306 e. The van der Waals surface area contributed by atoms with E-state index in [1.807, 2.05) is 0 Å². The lowest BCUT2D eigenvalue weighted by atomic mass is 9.98. The molecule has 8 heteroatoms. The van der Waals surface area contributed by atoms with Crippen LogP contribution in [0.2, 0.25) is 0 Å². The van der Waals surface area contributed by atoms with Gasteiger partial charge in [0.1, 0.15) is 23.3 Å². The van der Waals surface area contributed by atoms with Crippen molar-refractivity contribution >= 4 is 150 Å². The second-order valence-electron chi connectivity index (χ2n) is 22.2. The highest BCUT2D eigenvalue weighted by molar-refractivity contribution is 7.27. The van der Waals surface area contributed by atoms with Gasteiger partial charge in [0.15, 0.2) is 0 Å². The Bertz CT molecular complexity index is 5780. The van der Waals surface area contributed by atoms with Crippen molar-refractivity contribution < 1.29 is 0 Å². The van der Waals surface area contributed by atoms with E-state index in [9.17, 15) is 10.5 Å². The van der Waals surface area contributed by atoms with Crippen LogP contribution in [0.15, 0.2) is 231 Å². The van der Waals surface area contributed by atoms with Crippen molar-refractivity contribution in [2.75, 3.05) is 0 Å². The molecular weight excluding hydrogens is 1060 g/mol. The highest BCUT2D eigenvalue weighted by Crippen LogP contribution is 2.52. The molecule has 0 bridgehead atoms. The molecule has 0 unspecified atom stereocenters. The molecule has 6 nitrogen and oxygen atoms in total. The van der Waals surface area contributed by atoms with Crippen molar-refractivity contribution in [2.24, 2.45) is 0 Å². The van der Waals surface area contributed by atoms with Crippen LogP contribution in [0.1, 0.15) is 22.3 Å². The van der Waals surface area contributed by atoms with Crippen LogP contribution in [0.25, 0.3) is 161 Å². The summed E-state index contributed by atoms with van der Waals surface area (Å²) in [6.45, 7) is 4.39. The van der Waals surface area contributed by atoms with E-state index in [2.05, 4.69) is 275 Å². The van der Waals surface area contributed by atoms with Crippen LogP contribution in [0.5, 0.6) is 0 Å². The third-order valence-corrected chi connectivity index (χ3v) is 20.3. The summed E-state index contributed by atoms with van der Waals surface area (Å²) in [5.74, 6) is 0. The Morgan fingerprint density at radius 1 is 0.286 bits per heavy atom. The first kappa shape index (κ1) is 47.0. The maximum atomic E-state index is 13.0. The number of hydrogen-bond acceptors (Lipinski definition) is 4. The van der Waals surface area contributed by atoms with Crippen molar-refractivity contribution in [3.8, 4) is 46.0 Å². The SMILES string of the molecule is Cc1cc2c3ccc4c5ccccc5sc4c3n(-c3c(-n4c5ccccc5c5ccccc54)c(C#N)c(-n4c5ccc(-c6ccccc6)cc5c5ccc6c7ccccc7sc6c54)c(C#N)c3-n3c4ccccc4c4ccccc43)c2cc1C. The van der Waals surface area contributed by atoms with E-state index in [1.54, 1.807) is 22.7 Å². The lowest BCUT2D eigenvalue weighted by Gasteiger charge is -2.27. The van der Waals surface area contributed by atoms with E-state index in [-0.39, 0.29) is 0 Å². The maximum Gasteiger partial charge on any atom is 0.104 e. The highest BCUT2D eigenvalue weighted by Gasteiger charge is 2.36. The molecule has 6 heterocycles. The first-order valence-electron chi connectivity index (χ1n) is 28.3. The average Bonchev–Trinajstić information content (AvgIpc) is 1.54. The first-order valence-corrected chi connectivity index (χ1v) is 29.9. The number of thiophene rings is 2. The lowest BCUT2D eigenvalue weighted by Crippen LogP contribution is -2.17. The summed E-state index contributed by atoms with van der Waals surface area (Å²) in [4.78, 5) is 0. The third-order valence-electron chi connectivity index (χ3n) is 17.9. The summed E-state index contributed by atoms with van der Waals surface area (Å²) >= 11 is 3.56. The van der Waals surface area contributed by atoms with Gasteiger partial charge in [-0.3, -0.25) is 0 Å². The number of rotatable bonds is 5. The average molecular weight is 1110 g/mol. The van der Waals surface area contributed by atoms with Gasteiger partial charge >= 0.3 is 0 Å². The number of para-hydroxylation sites is 4. The van der Waals surface area contributed by atoms with E-state index >= 15 is 0 Å². The zero-order chi connectivity index (χ0) is 55.6. The van der Waals surface area contributed by atoms with Crippen LogP contribution in [0.3, 0.4) is 0 Å². The quantitative estimate of drug-likeness (QED) is 0.172.